The van der Waals surface area contributed by atoms with E-state index in [9.17, 15) is 9.36 Å². The minimum absolute atomic E-state index is 0. The van der Waals surface area contributed by atoms with Crippen molar-refractivity contribution in [2.24, 2.45) is 0 Å². The fourth-order valence-electron chi connectivity index (χ4n) is 2.23. The van der Waals surface area contributed by atoms with Gasteiger partial charge in [0.15, 0.2) is 5.75 Å². The number of rotatable bonds is 4. The summed E-state index contributed by atoms with van der Waals surface area (Å²) in [6.45, 7) is 5.66. The molecule has 0 aliphatic heterocycles. The number of hydrogen-bond donors (Lipinski definition) is 0. The van der Waals surface area contributed by atoms with Gasteiger partial charge in [-0.2, -0.15) is 0 Å². The Bertz CT molecular complexity index is 651. The Balaban J connectivity index is 0.00000220. The van der Waals surface area contributed by atoms with Crippen LogP contribution in [0.5, 0.6) is 5.75 Å². The molecule has 2 aromatic rings. The van der Waals surface area contributed by atoms with E-state index < -0.39 is 13.6 Å². The monoisotopic (exact) mass is 295 g/mol. The van der Waals surface area contributed by atoms with E-state index in [0.29, 0.717) is 11.3 Å². The maximum absolute atomic E-state index is 12.3. The van der Waals surface area contributed by atoms with Crippen LogP contribution < -0.4 is 23.4 Å². The van der Waals surface area contributed by atoms with Gasteiger partial charge in [-0.3, -0.25) is 0 Å². The average Bonchev–Trinajstić information content (AvgIpc) is 2.38. The molecule has 0 saturated heterocycles. The Morgan fingerprint density at radius 2 is 1.57 bits per heavy atom. The van der Waals surface area contributed by atoms with Crippen LogP contribution in [0.2, 0.25) is 0 Å². The van der Waals surface area contributed by atoms with Crippen molar-refractivity contribution in [3.05, 3.63) is 64.7 Å². The van der Waals surface area contributed by atoms with Gasteiger partial charge in [-0.15, -0.1) is 0 Å². The van der Waals surface area contributed by atoms with Crippen molar-refractivity contribution in [2.45, 2.75) is 20.8 Å². The summed E-state index contributed by atoms with van der Waals surface area (Å²) in [6, 6.07) is 12.5. The first-order valence-corrected chi connectivity index (χ1v) is 7.49. The van der Waals surface area contributed by atoms with E-state index in [0.717, 1.165) is 16.7 Å². The molecule has 5 heteroatoms. The third-order valence-electron chi connectivity index (χ3n) is 2.99. The fraction of sp³-hybridized carbons (Fsp3) is 0.188. The summed E-state index contributed by atoms with van der Waals surface area (Å²) in [5.41, 5.74) is 2.77. The predicted molar refractivity (Wildman–Crippen MR) is 80.8 cm³/mol. The molecule has 0 N–H and O–H groups in total. The van der Waals surface area contributed by atoms with Crippen molar-refractivity contribution in [1.82, 2.24) is 0 Å². The van der Waals surface area contributed by atoms with E-state index >= 15 is 0 Å². The van der Waals surface area contributed by atoms with E-state index in [-0.39, 0.29) is 20.3 Å². The summed E-state index contributed by atoms with van der Waals surface area (Å²) < 4.78 is 17.3. The molecule has 1 atom stereocenters. The Morgan fingerprint density at radius 3 is 2.10 bits per heavy atom. The molecule has 0 bridgehead atoms. The van der Waals surface area contributed by atoms with Crippen molar-refractivity contribution in [1.29, 1.82) is 0 Å². The standard InChI is InChI=1S/C16H16O3P.Li.H/c1-11-9-12(2)15(13(3)10-11)16(17)20(18)19-14-7-5-4-6-8-14;;/h4-10H,1-3H3;;/q2*+1;-1. The number of hydrogen-bond acceptors (Lipinski definition) is 3. The third-order valence-corrected chi connectivity index (χ3v) is 3.92. The predicted octanol–water partition coefficient (Wildman–Crippen LogP) is 1.69. The second-order valence-electron chi connectivity index (χ2n) is 4.74. The summed E-state index contributed by atoms with van der Waals surface area (Å²) in [5, 5.41) is 0. The molecule has 2 aromatic carbocycles. The molecular formula is C16H17LiO3P+. The van der Waals surface area contributed by atoms with Crippen molar-refractivity contribution < 1.29 is 34.2 Å². The quantitative estimate of drug-likeness (QED) is 0.637. The van der Waals surface area contributed by atoms with Gasteiger partial charge in [-0.1, -0.05) is 35.9 Å². The molecule has 0 amide bonds. The van der Waals surface area contributed by atoms with Crippen LogP contribution in [0.15, 0.2) is 42.5 Å². The fourth-order valence-corrected chi connectivity index (χ4v) is 3.16. The molecule has 3 nitrogen and oxygen atoms in total. The van der Waals surface area contributed by atoms with E-state index in [1.165, 1.54) is 0 Å². The van der Waals surface area contributed by atoms with Crippen molar-refractivity contribution in [3.63, 3.8) is 0 Å². The third kappa shape index (κ3) is 4.29. The van der Waals surface area contributed by atoms with Gasteiger partial charge >= 0.3 is 32.4 Å². The van der Waals surface area contributed by atoms with Crippen LogP contribution >= 0.6 is 8.03 Å². The number of carbonyl (C=O) groups excluding carboxylic acids is 1. The number of benzene rings is 2. The first kappa shape index (κ1) is 17.7. The SMILES string of the molecule is Cc1cc(C)c(C(=O)[P+](=O)Oc2ccccc2)c(C)c1.[H-].[Li+]. The molecule has 0 heterocycles. The number of aryl methyl sites for hydroxylation is 3. The Morgan fingerprint density at radius 1 is 1.05 bits per heavy atom. The molecule has 0 aliphatic carbocycles. The van der Waals surface area contributed by atoms with Crippen LogP contribution in [0.4, 0.5) is 0 Å². The molecular weight excluding hydrogens is 278 g/mol. The second kappa shape index (κ2) is 7.57. The van der Waals surface area contributed by atoms with Crippen LogP contribution in [0.25, 0.3) is 0 Å². The van der Waals surface area contributed by atoms with Gasteiger partial charge in [0.25, 0.3) is 0 Å². The van der Waals surface area contributed by atoms with Crippen LogP contribution in [0.3, 0.4) is 0 Å². The van der Waals surface area contributed by atoms with E-state index in [2.05, 4.69) is 0 Å². The zero-order chi connectivity index (χ0) is 14.7. The van der Waals surface area contributed by atoms with Crippen molar-refractivity contribution in [2.75, 3.05) is 0 Å². The molecule has 0 fully saturated rings. The van der Waals surface area contributed by atoms with Crippen molar-refractivity contribution in [3.8, 4) is 5.75 Å². The second-order valence-corrected chi connectivity index (χ2v) is 5.84. The molecule has 0 saturated carbocycles. The van der Waals surface area contributed by atoms with Gasteiger partial charge in [0.05, 0.1) is 5.56 Å². The smallest absolute Gasteiger partial charge is 1.00 e. The normalized spacial score (nSPS) is 10.5. The molecule has 0 spiro atoms. The average molecular weight is 295 g/mol. The largest absolute Gasteiger partial charge is 1.00 e. The van der Waals surface area contributed by atoms with Gasteiger partial charge < -0.3 is 1.43 Å². The van der Waals surface area contributed by atoms with E-state index in [1.807, 2.05) is 39.0 Å². The topological polar surface area (TPSA) is 43.4 Å². The van der Waals surface area contributed by atoms with E-state index in [4.69, 9.17) is 4.52 Å². The summed E-state index contributed by atoms with van der Waals surface area (Å²) in [6.07, 6.45) is 0. The number of para-hydroxylation sites is 1. The van der Waals surface area contributed by atoms with Crippen LogP contribution in [-0.4, -0.2) is 5.52 Å². The van der Waals surface area contributed by atoms with Gasteiger partial charge in [0.1, 0.15) is 0 Å². The zero-order valence-electron chi connectivity index (χ0n) is 13.7. The molecule has 1 unspecified atom stereocenters. The minimum Gasteiger partial charge on any atom is -1.00 e. The summed E-state index contributed by atoms with van der Waals surface area (Å²) in [5.74, 6) is 0.435. The van der Waals surface area contributed by atoms with Crippen LogP contribution in [-0.2, 0) is 4.57 Å². The molecule has 104 valence electrons. The maximum Gasteiger partial charge on any atom is 1.00 e. The first-order valence-electron chi connectivity index (χ1n) is 6.31. The molecule has 0 aliphatic rings. The number of carbonyl (C=O) groups is 1. The molecule has 2 rings (SSSR count). The van der Waals surface area contributed by atoms with Crippen LogP contribution in [0, 0.1) is 20.8 Å². The molecule has 0 radical (unpaired) electrons. The van der Waals surface area contributed by atoms with Gasteiger partial charge in [0, 0.05) is 0 Å². The Labute approximate surface area is 139 Å². The first-order chi connectivity index (χ1) is 9.49. The maximum atomic E-state index is 12.3. The molecule has 21 heavy (non-hydrogen) atoms. The Kier molecular flexibility index (Phi) is 6.36. The zero-order valence-corrected chi connectivity index (χ0v) is 13.6. The van der Waals surface area contributed by atoms with Crippen LogP contribution in [0.1, 0.15) is 28.5 Å². The minimum atomic E-state index is -2.43. The Hall–Kier alpha value is -1.39. The van der Waals surface area contributed by atoms with E-state index in [1.54, 1.807) is 24.3 Å². The van der Waals surface area contributed by atoms with Gasteiger partial charge in [-0.25, -0.2) is 9.32 Å². The summed E-state index contributed by atoms with van der Waals surface area (Å²) in [4.78, 5) is 12.3. The summed E-state index contributed by atoms with van der Waals surface area (Å²) >= 11 is 0. The van der Waals surface area contributed by atoms with Gasteiger partial charge in [0.2, 0.25) is 0 Å². The molecule has 0 aromatic heterocycles. The summed E-state index contributed by atoms with van der Waals surface area (Å²) in [7, 11) is -2.43. The van der Waals surface area contributed by atoms with Crippen molar-refractivity contribution >= 4 is 13.6 Å². The van der Waals surface area contributed by atoms with Gasteiger partial charge in [-0.05, 0) is 48.6 Å².